The quantitative estimate of drug-likeness (QED) is 0.484. The van der Waals surface area contributed by atoms with Crippen molar-refractivity contribution in [3.63, 3.8) is 0 Å². The van der Waals surface area contributed by atoms with Crippen LogP contribution in [0, 0.1) is 0 Å². The van der Waals surface area contributed by atoms with Gasteiger partial charge in [-0.2, -0.15) is 0 Å². The molecule has 2 aromatic rings. The zero-order valence-corrected chi connectivity index (χ0v) is 17.5. The van der Waals surface area contributed by atoms with Gasteiger partial charge in [0.2, 0.25) is 0 Å². The zero-order chi connectivity index (χ0) is 16.8. The summed E-state index contributed by atoms with van der Waals surface area (Å²) in [4.78, 5) is 4.48. The van der Waals surface area contributed by atoms with Crippen LogP contribution in [0.4, 0.5) is 0 Å². The van der Waals surface area contributed by atoms with Crippen LogP contribution >= 0.6 is 38.5 Å². The van der Waals surface area contributed by atoms with E-state index in [1.807, 2.05) is 11.9 Å². The lowest BCUT2D eigenvalue weighted by Crippen LogP contribution is -2.30. The maximum atomic E-state index is 5.90. The summed E-state index contributed by atoms with van der Waals surface area (Å²) in [6.45, 7) is 5.17. The molecule has 23 heavy (non-hydrogen) atoms. The van der Waals surface area contributed by atoms with Crippen LogP contribution in [0.25, 0.3) is 0 Å². The van der Waals surface area contributed by atoms with Gasteiger partial charge in [-0.25, -0.2) is 0 Å². The summed E-state index contributed by atoms with van der Waals surface area (Å²) in [5.74, 6) is 0. The van der Waals surface area contributed by atoms with Crippen molar-refractivity contribution in [2.24, 2.45) is 5.73 Å². The molecule has 0 amide bonds. The van der Waals surface area contributed by atoms with Gasteiger partial charge in [0.15, 0.2) is 0 Å². The molecule has 1 atom stereocenters. The van der Waals surface area contributed by atoms with Crippen molar-refractivity contribution < 1.29 is 0 Å². The topological polar surface area (TPSA) is 29.3 Å². The number of nitrogens with zero attached hydrogens (tertiary/aromatic N) is 1. The highest BCUT2D eigenvalue weighted by Gasteiger charge is 2.17. The van der Waals surface area contributed by atoms with E-state index in [4.69, 9.17) is 5.73 Å². The minimum absolute atomic E-state index is 0.110. The molecule has 1 heterocycles. The predicted octanol–water partition coefficient (Wildman–Crippen LogP) is 5.08. The fourth-order valence-corrected chi connectivity index (χ4v) is 3.55. The molecule has 2 aromatic carbocycles. The highest BCUT2D eigenvalue weighted by molar-refractivity contribution is 14.1. The molecule has 0 aliphatic carbocycles. The van der Waals surface area contributed by atoms with E-state index in [-0.39, 0.29) is 6.04 Å². The molecule has 0 saturated carbocycles. The number of hydrogen-bond acceptors (Lipinski definition) is 2. The molecule has 2 N–H and O–H groups in total. The molecule has 0 radical (unpaired) electrons. The van der Waals surface area contributed by atoms with Crippen LogP contribution in [0.2, 0.25) is 0 Å². The van der Waals surface area contributed by atoms with E-state index in [1.165, 1.54) is 26.7 Å². The van der Waals surface area contributed by atoms with Crippen molar-refractivity contribution in [2.45, 2.75) is 32.5 Å². The van der Waals surface area contributed by atoms with Crippen molar-refractivity contribution >= 4 is 38.5 Å². The molecule has 0 fully saturated rings. The average molecular weight is 487 g/mol. The van der Waals surface area contributed by atoms with E-state index in [1.54, 1.807) is 0 Å². The van der Waals surface area contributed by atoms with Gasteiger partial charge < -0.3 is 5.73 Å². The first-order valence-corrected chi connectivity index (χ1v) is 10.8. The van der Waals surface area contributed by atoms with Crippen LogP contribution in [0.15, 0.2) is 46.9 Å². The van der Waals surface area contributed by atoms with Crippen molar-refractivity contribution in [2.75, 3.05) is 11.5 Å². The van der Waals surface area contributed by atoms with Gasteiger partial charge in [0.1, 0.15) is 0 Å². The summed E-state index contributed by atoms with van der Waals surface area (Å²) in [5.41, 5.74) is 11.4. The standard InChI is InChI=1S/C18H21BrN2.CH3I/c1-13(20)15-7-5-14(6-8-15)11-21-10-9-17-16(12-21)3-2-4-18(17)19;1-2/h2-8,13H,9-12,20H2,1H3;1H3/t13-;/m0./s1. The van der Waals surface area contributed by atoms with Crippen LogP contribution in [0.3, 0.4) is 0 Å². The second-order valence-corrected chi connectivity index (χ2v) is 6.72. The zero-order valence-electron chi connectivity index (χ0n) is 13.7. The van der Waals surface area contributed by atoms with Crippen LogP contribution in [0.5, 0.6) is 0 Å². The maximum Gasteiger partial charge on any atom is 0.0266 e. The maximum absolute atomic E-state index is 5.90. The molecule has 3 rings (SSSR count). The lowest BCUT2D eigenvalue weighted by Gasteiger charge is -2.29. The second-order valence-electron chi connectivity index (χ2n) is 5.87. The largest absolute Gasteiger partial charge is 0.324 e. The van der Waals surface area contributed by atoms with Gasteiger partial charge in [0, 0.05) is 30.1 Å². The van der Waals surface area contributed by atoms with Gasteiger partial charge >= 0.3 is 0 Å². The number of hydrogen-bond donors (Lipinski definition) is 1. The van der Waals surface area contributed by atoms with Gasteiger partial charge in [-0.05, 0) is 46.6 Å². The van der Waals surface area contributed by atoms with Gasteiger partial charge in [-0.1, -0.05) is 74.9 Å². The normalized spacial score (nSPS) is 15.3. The predicted molar refractivity (Wildman–Crippen MR) is 111 cm³/mol. The Morgan fingerprint density at radius 1 is 1.17 bits per heavy atom. The molecule has 1 aliphatic rings. The van der Waals surface area contributed by atoms with E-state index < -0.39 is 0 Å². The van der Waals surface area contributed by atoms with Gasteiger partial charge in [0.25, 0.3) is 0 Å². The van der Waals surface area contributed by atoms with E-state index >= 15 is 0 Å². The van der Waals surface area contributed by atoms with Crippen molar-refractivity contribution in [3.05, 3.63) is 69.2 Å². The molecule has 124 valence electrons. The van der Waals surface area contributed by atoms with Crippen LogP contribution in [-0.2, 0) is 19.5 Å². The van der Waals surface area contributed by atoms with Crippen molar-refractivity contribution in [3.8, 4) is 0 Å². The highest BCUT2D eigenvalue weighted by Crippen LogP contribution is 2.27. The molecule has 0 spiro atoms. The summed E-state index contributed by atoms with van der Waals surface area (Å²) in [7, 11) is 0. The Hall–Kier alpha value is -0.430. The molecule has 1 aliphatic heterocycles. The number of fused-ring (bicyclic) bond motifs is 1. The first-order valence-electron chi connectivity index (χ1n) is 7.84. The monoisotopic (exact) mass is 486 g/mol. The van der Waals surface area contributed by atoms with E-state index in [9.17, 15) is 0 Å². The third-order valence-corrected chi connectivity index (χ3v) is 4.94. The number of rotatable bonds is 3. The Balaban J connectivity index is 0.000000924. The fraction of sp³-hybridized carbons (Fsp3) is 0.368. The number of benzene rings is 2. The first-order chi connectivity index (χ1) is 11.1. The van der Waals surface area contributed by atoms with E-state index in [2.05, 4.69) is 85.9 Å². The average Bonchev–Trinajstić information content (AvgIpc) is 2.57. The van der Waals surface area contributed by atoms with Crippen LogP contribution in [-0.4, -0.2) is 16.4 Å². The second kappa shape index (κ2) is 9.16. The van der Waals surface area contributed by atoms with Gasteiger partial charge in [-0.15, -0.1) is 0 Å². The highest BCUT2D eigenvalue weighted by atomic mass is 127. The molecular weight excluding hydrogens is 463 g/mol. The summed E-state index contributed by atoms with van der Waals surface area (Å²) in [6, 6.07) is 15.3. The Bertz CT molecular complexity index is 626. The summed E-state index contributed by atoms with van der Waals surface area (Å²) < 4.78 is 1.25. The Kier molecular flexibility index (Phi) is 7.53. The fourth-order valence-electron chi connectivity index (χ4n) is 2.94. The molecule has 0 aromatic heterocycles. The van der Waals surface area contributed by atoms with Crippen LogP contribution < -0.4 is 5.73 Å². The minimum Gasteiger partial charge on any atom is -0.324 e. The van der Waals surface area contributed by atoms with E-state index in [0.29, 0.717) is 0 Å². The third-order valence-electron chi connectivity index (χ3n) is 4.20. The molecule has 0 unspecified atom stereocenters. The Labute approximate surface area is 161 Å². The van der Waals surface area contributed by atoms with Crippen molar-refractivity contribution in [1.82, 2.24) is 4.90 Å². The molecule has 2 nitrogen and oxygen atoms in total. The summed E-state index contributed by atoms with van der Waals surface area (Å²) >= 11 is 5.81. The molecule has 0 bridgehead atoms. The van der Waals surface area contributed by atoms with Gasteiger partial charge in [-0.3, -0.25) is 4.90 Å². The number of alkyl halides is 1. The number of nitrogens with two attached hydrogens (primary N) is 1. The lowest BCUT2D eigenvalue weighted by molar-refractivity contribution is 0.245. The van der Waals surface area contributed by atoms with Crippen molar-refractivity contribution in [1.29, 1.82) is 0 Å². The summed E-state index contributed by atoms with van der Waals surface area (Å²) in [6.07, 6.45) is 1.12. The van der Waals surface area contributed by atoms with E-state index in [0.717, 1.165) is 26.1 Å². The van der Waals surface area contributed by atoms with Crippen LogP contribution in [0.1, 0.15) is 35.2 Å². The Morgan fingerprint density at radius 3 is 2.52 bits per heavy atom. The first kappa shape index (κ1) is 18.9. The minimum atomic E-state index is 0.110. The van der Waals surface area contributed by atoms with Gasteiger partial charge in [0.05, 0.1) is 0 Å². The number of halogens is 2. The SMILES string of the molecule is CI.C[C@H](N)c1ccc(CN2CCc3c(Br)cccc3C2)cc1. The lowest BCUT2D eigenvalue weighted by atomic mass is 9.99. The summed E-state index contributed by atoms with van der Waals surface area (Å²) in [5, 5.41) is 0. The molecular formula is C19H24BrIN2. The molecule has 4 heteroatoms. The smallest absolute Gasteiger partial charge is 0.0266 e. The Morgan fingerprint density at radius 2 is 1.87 bits per heavy atom. The third kappa shape index (κ3) is 5.02. The molecule has 0 saturated heterocycles.